The normalized spacial score (nSPS) is 10.9. The highest BCUT2D eigenvalue weighted by molar-refractivity contribution is 7.71. The minimum atomic E-state index is 0.409. The zero-order valence-corrected chi connectivity index (χ0v) is 14.1. The van der Waals surface area contributed by atoms with Gasteiger partial charge in [-0.2, -0.15) is 14.9 Å². The fraction of sp³-hybridized carbons (Fsp3) is 0.118. The van der Waals surface area contributed by atoms with Gasteiger partial charge in [0.2, 0.25) is 4.77 Å². The molecule has 0 saturated carbocycles. The van der Waals surface area contributed by atoms with Gasteiger partial charge in [0.25, 0.3) is 0 Å². The predicted octanol–water partition coefficient (Wildman–Crippen LogP) is 3.51. The van der Waals surface area contributed by atoms with Crippen molar-refractivity contribution in [2.45, 2.75) is 0 Å². The van der Waals surface area contributed by atoms with E-state index < -0.39 is 0 Å². The lowest BCUT2D eigenvalue weighted by Crippen LogP contribution is -1.95. The topological polar surface area (TPSA) is 64.4 Å². The number of rotatable bonds is 5. The number of nitrogens with zero attached hydrogens (tertiary/aromatic N) is 3. The molecule has 0 amide bonds. The number of aromatic nitrogens is 3. The van der Waals surface area contributed by atoms with E-state index in [1.165, 1.54) is 0 Å². The third-order valence-corrected chi connectivity index (χ3v) is 3.66. The fourth-order valence-corrected chi connectivity index (χ4v) is 2.37. The molecule has 122 valence electrons. The quantitative estimate of drug-likeness (QED) is 0.570. The van der Waals surface area contributed by atoms with Crippen LogP contribution < -0.4 is 9.47 Å². The average molecular weight is 340 g/mol. The minimum Gasteiger partial charge on any atom is -0.497 e. The first-order valence-electron chi connectivity index (χ1n) is 7.21. The van der Waals surface area contributed by atoms with Gasteiger partial charge in [-0.3, -0.25) is 0 Å². The first-order chi connectivity index (χ1) is 11.7. The summed E-state index contributed by atoms with van der Waals surface area (Å²) >= 11 is 5.27. The summed E-state index contributed by atoms with van der Waals surface area (Å²) in [6, 6.07) is 15.2. The third kappa shape index (κ3) is 3.36. The summed E-state index contributed by atoms with van der Waals surface area (Å²) in [4.78, 5) is 0. The van der Waals surface area contributed by atoms with Crippen LogP contribution in [0.15, 0.2) is 53.6 Å². The van der Waals surface area contributed by atoms with Crippen LogP contribution in [0.25, 0.3) is 11.4 Å². The lowest BCUT2D eigenvalue weighted by atomic mass is 10.2. The molecule has 1 heterocycles. The van der Waals surface area contributed by atoms with Crippen molar-refractivity contribution >= 4 is 18.4 Å². The highest BCUT2D eigenvalue weighted by Crippen LogP contribution is 2.22. The largest absolute Gasteiger partial charge is 0.497 e. The molecule has 1 aromatic heterocycles. The molecule has 3 rings (SSSR count). The van der Waals surface area contributed by atoms with Gasteiger partial charge < -0.3 is 9.47 Å². The highest BCUT2D eigenvalue weighted by atomic mass is 32.1. The first kappa shape index (κ1) is 15.9. The number of ether oxygens (including phenoxy) is 2. The van der Waals surface area contributed by atoms with Gasteiger partial charge in [0.05, 0.1) is 20.4 Å². The molecule has 0 unspecified atom stereocenters. The van der Waals surface area contributed by atoms with Gasteiger partial charge in [0.1, 0.15) is 11.5 Å². The van der Waals surface area contributed by atoms with Crippen molar-refractivity contribution in [3.05, 3.63) is 58.9 Å². The van der Waals surface area contributed by atoms with Crippen molar-refractivity contribution in [3.63, 3.8) is 0 Å². The van der Waals surface area contributed by atoms with Gasteiger partial charge in [-0.1, -0.05) is 24.3 Å². The lowest BCUT2D eigenvalue weighted by Gasteiger charge is -2.04. The summed E-state index contributed by atoms with van der Waals surface area (Å²) in [5.74, 6) is 2.12. The van der Waals surface area contributed by atoms with Crippen LogP contribution >= 0.6 is 12.2 Å². The number of nitrogens with one attached hydrogen (secondary N) is 1. The van der Waals surface area contributed by atoms with Crippen LogP contribution in [0.2, 0.25) is 0 Å². The second-order valence-corrected chi connectivity index (χ2v) is 5.30. The Kier molecular flexibility index (Phi) is 4.72. The summed E-state index contributed by atoms with van der Waals surface area (Å²) in [6.07, 6.45) is 1.71. The molecule has 0 atom stereocenters. The van der Waals surface area contributed by atoms with Gasteiger partial charge in [-0.05, 0) is 42.0 Å². The van der Waals surface area contributed by atoms with Crippen molar-refractivity contribution in [2.75, 3.05) is 14.2 Å². The number of aromatic amines is 1. The minimum absolute atomic E-state index is 0.409. The molecule has 1 N–H and O–H groups in total. The Labute approximate surface area is 144 Å². The highest BCUT2D eigenvalue weighted by Gasteiger charge is 2.09. The number of H-pyrrole nitrogens is 1. The number of hydrogen-bond donors (Lipinski definition) is 1. The third-order valence-electron chi connectivity index (χ3n) is 3.39. The van der Waals surface area contributed by atoms with Crippen molar-refractivity contribution in [1.29, 1.82) is 0 Å². The summed E-state index contributed by atoms with van der Waals surface area (Å²) < 4.78 is 12.4. The standard InChI is InChI=1S/C17H16N4O2S/c1-22-14-7-3-5-12(9-14)11-18-21-16(19-20-17(21)24)13-6-4-8-15(10-13)23-2/h3-11H,1-2H3,(H,20,24)/b18-11+. The molecule has 0 aliphatic carbocycles. The molecule has 0 aliphatic heterocycles. The van der Waals surface area contributed by atoms with E-state index in [-0.39, 0.29) is 0 Å². The van der Waals surface area contributed by atoms with E-state index in [4.69, 9.17) is 21.7 Å². The Bertz CT molecular complexity index is 930. The van der Waals surface area contributed by atoms with Gasteiger partial charge in [-0.15, -0.1) is 0 Å². The maximum atomic E-state index is 5.27. The van der Waals surface area contributed by atoms with Crippen molar-refractivity contribution in [1.82, 2.24) is 14.9 Å². The molecule has 0 radical (unpaired) electrons. The molecule has 0 bridgehead atoms. The zero-order chi connectivity index (χ0) is 16.9. The van der Waals surface area contributed by atoms with E-state index in [1.54, 1.807) is 25.1 Å². The molecule has 0 fully saturated rings. The van der Waals surface area contributed by atoms with Crippen LogP contribution in [0.4, 0.5) is 0 Å². The zero-order valence-electron chi connectivity index (χ0n) is 13.3. The van der Waals surface area contributed by atoms with Crippen molar-refractivity contribution in [2.24, 2.45) is 5.10 Å². The van der Waals surface area contributed by atoms with E-state index in [0.29, 0.717) is 10.6 Å². The Hall–Kier alpha value is -2.93. The van der Waals surface area contributed by atoms with Crippen molar-refractivity contribution < 1.29 is 9.47 Å². The molecule has 3 aromatic rings. The monoisotopic (exact) mass is 340 g/mol. The van der Waals surface area contributed by atoms with Crippen LogP contribution in [0.1, 0.15) is 5.56 Å². The molecule has 6 nitrogen and oxygen atoms in total. The van der Waals surface area contributed by atoms with Crippen LogP contribution in [-0.4, -0.2) is 35.3 Å². The van der Waals surface area contributed by atoms with Crippen LogP contribution in [0, 0.1) is 4.77 Å². The Balaban J connectivity index is 1.98. The number of methoxy groups -OCH3 is 2. The summed E-state index contributed by atoms with van der Waals surface area (Å²) in [5, 5.41) is 11.5. The maximum absolute atomic E-state index is 5.27. The van der Waals surface area contributed by atoms with Crippen LogP contribution in [-0.2, 0) is 0 Å². The average Bonchev–Trinajstić information content (AvgIpc) is 3.01. The van der Waals surface area contributed by atoms with Crippen LogP contribution in [0.3, 0.4) is 0 Å². The molecular formula is C17H16N4O2S. The molecule has 7 heteroatoms. The van der Waals surface area contributed by atoms with Crippen LogP contribution in [0.5, 0.6) is 11.5 Å². The van der Waals surface area contributed by atoms with Gasteiger partial charge in [0, 0.05) is 5.56 Å². The Morgan fingerprint density at radius 2 is 1.79 bits per heavy atom. The molecular weight excluding hydrogens is 324 g/mol. The number of benzene rings is 2. The molecule has 0 aliphatic rings. The maximum Gasteiger partial charge on any atom is 0.216 e. The smallest absolute Gasteiger partial charge is 0.216 e. The first-order valence-corrected chi connectivity index (χ1v) is 7.62. The van der Waals surface area contributed by atoms with E-state index >= 15 is 0 Å². The Morgan fingerprint density at radius 1 is 1.08 bits per heavy atom. The summed E-state index contributed by atoms with van der Waals surface area (Å²) in [7, 11) is 3.25. The second-order valence-electron chi connectivity index (χ2n) is 4.92. The van der Waals surface area contributed by atoms with Gasteiger partial charge >= 0.3 is 0 Å². The molecule has 2 aromatic carbocycles. The molecule has 0 spiro atoms. The number of hydrogen-bond acceptors (Lipinski definition) is 5. The molecule has 0 saturated heterocycles. The second kappa shape index (κ2) is 7.10. The SMILES string of the molecule is COc1cccc(/C=N/n2c(-c3cccc(OC)c3)n[nH]c2=S)c1. The van der Waals surface area contributed by atoms with E-state index in [9.17, 15) is 0 Å². The molecule has 24 heavy (non-hydrogen) atoms. The summed E-state index contributed by atoms with van der Waals surface area (Å²) in [5.41, 5.74) is 1.75. The Morgan fingerprint density at radius 3 is 2.54 bits per heavy atom. The lowest BCUT2D eigenvalue weighted by molar-refractivity contribution is 0.414. The predicted molar refractivity (Wildman–Crippen MR) is 95.4 cm³/mol. The van der Waals surface area contributed by atoms with Gasteiger partial charge in [-0.25, -0.2) is 5.10 Å². The summed E-state index contributed by atoms with van der Waals surface area (Å²) in [6.45, 7) is 0. The fourth-order valence-electron chi connectivity index (χ4n) is 2.19. The van der Waals surface area contributed by atoms with E-state index in [2.05, 4.69) is 15.3 Å². The van der Waals surface area contributed by atoms with Crippen molar-refractivity contribution in [3.8, 4) is 22.9 Å². The van der Waals surface area contributed by atoms with Gasteiger partial charge in [0.15, 0.2) is 5.82 Å². The van der Waals surface area contributed by atoms with E-state index in [1.807, 2.05) is 48.5 Å². The van der Waals surface area contributed by atoms with E-state index in [0.717, 1.165) is 22.6 Å².